The number of aryl methyl sites for hydroxylation is 3. The zero-order valence-corrected chi connectivity index (χ0v) is 22.1. The molecular formula is C25H27BrN3O4S-. The van der Waals surface area contributed by atoms with Gasteiger partial charge >= 0.3 is 0 Å². The van der Waals surface area contributed by atoms with Gasteiger partial charge in [-0.2, -0.15) is 0 Å². The number of carbonyl (C=O) groups excluding carboxylic acids is 1. The van der Waals surface area contributed by atoms with E-state index in [1.807, 2.05) is 39.0 Å². The summed E-state index contributed by atoms with van der Waals surface area (Å²) in [6.45, 7) is 7.51. The molecule has 180 valence electrons. The second kappa shape index (κ2) is 10.1. The number of aliphatic imine (C=N–C) groups is 1. The number of H-pyrrole nitrogens is 1. The monoisotopic (exact) mass is 544 g/mol. The fraction of sp³-hybridized carbons (Fsp3) is 0.280. The van der Waals surface area contributed by atoms with Gasteiger partial charge in [-0.3, -0.25) is 9.79 Å². The average Bonchev–Trinajstić information content (AvgIpc) is 3.06. The predicted octanol–water partition coefficient (Wildman–Crippen LogP) is 4.16. The molecule has 0 aliphatic heterocycles. The molecule has 0 fully saturated rings. The lowest BCUT2D eigenvalue weighted by molar-refractivity contribution is -0.213. The van der Waals surface area contributed by atoms with E-state index in [2.05, 4.69) is 37.3 Å². The van der Waals surface area contributed by atoms with Crippen LogP contribution in [-0.4, -0.2) is 43.3 Å². The second-order valence-corrected chi connectivity index (χ2v) is 11.6. The third kappa shape index (κ3) is 6.15. The standard InChI is InChI=1S/C25H28BrN3O4S/c1-14-12-22(28-17(14)4)18-9-10-21(15(2)11-18)29-24(30)19-7-6-8-20(26)23(19)25(31)27-16(3)13-34(5,32)33/h6-12,16,28H,13H2,1-5H3,(H,27,31)(H,29,30)/p-1. The summed E-state index contributed by atoms with van der Waals surface area (Å²) in [5.41, 5.74) is 6.01. The summed E-state index contributed by atoms with van der Waals surface area (Å²) in [6, 6.07) is 11.9. The van der Waals surface area contributed by atoms with Crippen LogP contribution in [0.2, 0.25) is 0 Å². The molecular weight excluding hydrogens is 518 g/mol. The Balaban J connectivity index is 1.89. The maximum atomic E-state index is 13.1. The maximum Gasteiger partial charge on any atom is 0.256 e. The molecule has 0 spiro atoms. The van der Waals surface area contributed by atoms with Gasteiger partial charge in [0.1, 0.15) is 9.84 Å². The molecule has 0 saturated carbocycles. The van der Waals surface area contributed by atoms with Gasteiger partial charge in [-0.1, -0.05) is 28.1 Å². The molecule has 0 saturated heterocycles. The Bertz CT molecular complexity index is 1360. The van der Waals surface area contributed by atoms with E-state index >= 15 is 0 Å². The maximum absolute atomic E-state index is 13.1. The van der Waals surface area contributed by atoms with Gasteiger partial charge in [0.25, 0.3) is 5.91 Å². The van der Waals surface area contributed by atoms with Crippen molar-refractivity contribution < 1.29 is 18.3 Å². The van der Waals surface area contributed by atoms with Gasteiger partial charge < -0.3 is 15.4 Å². The number of amides is 1. The van der Waals surface area contributed by atoms with E-state index in [0.717, 1.165) is 28.8 Å². The first-order valence-electron chi connectivity index (χ1n) is 10.7. The molecule has 1 atom stereocenters. The zero-order chi connectivity index (χ0) is 25.2. The Kier molecular flexibility index (Phi) is 7.67. The third-order valence-electron chi connectivity index (χ3n) is 5.41. The predicted molar refractivity (Wildman–Crippen MR) is 138 cm³/mol. The Labute approximate surface area is 208 Å². The van der Waals surface area contributed by atoms with E-state index in [4.69, 9.17) is 0 Å². The van der Waals surface area contributed by atoms with Gasteiger partial charge in [-0.05, 0) is 80.6 Å². The van der Waals surface area contributed by atoms with Crippen molar-refractivity contribution in [3.8, 4) is 11.3 Å². The number of halogens is 1. The van der Waals surface area contributed by atoms with Crippen LogP contribution in [0.3, 0.4) is 0 Å². The number of benzene rings is 2. The highest BCUT2D eigenvalue weighted by molar-refractivity contribution is 9.10. The van der Waals surface area contributed by atoms with Crippen LogP contribution in [0.15, 0.2) is 51.9 Å². The molecule has 7 nitrogen and oxygen atoms in total. The summed E-state index contributed by atoms with van der Waals surface area (Å²) < 4.78 is 23.5. The molecule has 3 rings (SSSR count). The molecule has 34 heavy (non-hydrogen) atoms. The lowest BCUT2D eigenvalue weighted by Gasteiger charge is -2.19. The molecule has 0 radical (unpaired) electrons. The molecule has 0 aliphatic carbocycles. The Morgan fingerprint density at radius 1 is 1.15 bits per heavy atom. The van der Waals surface area contributed by atoms with Crippen molar-refractivity contribution in [2.24, 2.45) is 4.99 Å². The first kappa shape index (κ1) is 25.7. The number of nitrogens with one attached hydrogen (secondary N) is 2. The van der Waals surface area contributed by atoms with Crippen LogP contribution in [0.25, 0.3) is 11.3 Å². The lowest BCUT2D eigenvalue weighted by Crippen LogP contribution is -2.28. The van der Waals surface area contributed by atoms with Crippen molar-refractivity contribution in [1.82, 2.24) is 4.98 Å². The Morgan fingerprint density at radius 3 is 2.44 bits per heavy atom. The number of sulfone groups is 1. The molecule has 2 N–H and O–H groups in total. The average molecular weight is 545 g/mol. The molecule has 1 heterocycles. The largest absolute Gasteiger partial charge is 0.858 e. The number of aromatic nitrogens is 1. The van der Waals surface area contributed by atoms with Crippen LogP contribution in [0.4, 0.5) is 5.69 Å². The molecule has 1 unspecified atom stereocenters. The Morgan fingerprint density at radius 2 is 1.85 bits per heavy atom. The fourth-order valence-corrected chi connectivity index (χ4v) is 5.14. The van der Waals surface area contributed by atoms with Crippen molar-refractivity contribution >= 4 is 43.3 Å². The van der Waals surface area contributed by atoms with Gasteiger partial charge in [0, 0.05) is 38.9 Å². The van der Waals surface area contributed by atoms with Crippen molar-refractivity contribution in [2.75, 3.05) is 17.3 Å². The van der Waals surface area contributed by atoms with Gasteiger partial charge in [-0.25, -0.2) is 8.42 Å². The minimum absolute atomic E-state index is 0.0898. The molecule has 3 aromatic rings. The van der Waals surface area contributed by atoms with Gasteiger partial charge in [0.15, 0.2) is 0 Å². The van der Waals surface area contributed by atoms with Crippen molar-refractivity contribution in [3.05, 3.63) is 74.9 Å². The van der Waals surface area contributed by atoms with E-state index < -0.39 is 27.7 Å². The summed E-state index contributed by atoms with van der Waals surface area (Å²) in [6.07, 6.45) is 1.09. The number of aromatic amines is 1. The Hall–Kier alpha value is -2.91. The zero-order valence-electron chi connectivity index (χ0n) is 19.7. The molecule has 1 aromatic heterocycles. The molecule has 0 aliphatic rings. The minimum atomic E-state index is -3.30. The smallest absolute Gasteiger partial charge is 0.256 e. The highest BCUT2D eigenvalue weighted by Gasteiger charge is 2.17. The molecule has 2 aromatic carbocycles. The number of rotatable bonds is 7. The van der Waals surface area contributed by atoms with Gasteiger partial charge in [0.2, 0.25) is 0 Å². The van der Waals surface area contributed by atoms with Crippen LogP contribution in [0.1, 0.15) is 39.7 Å². The lowest BCUT2D eigenvalue weighted by atomic mass is 10.0. The number of anilines is 1. The summed E-state index contributed by atoms with van der Waals surface area (Å²) in [5, 5.41) is 15.7. The molecule has 9 heteroatoms. The van der Waals surface area contributed by atoms with Crippen LogP contribution >= 0.6 is 15.9 Å². The van der Waals surface area contributed by atoms with Crippen molar-refractivity contribution in [1.29, 1.82) is 0 Å². The molecule has 0 bridgehead atoms. The summed E-state index contributed by atoms with van der Waals surface area (Å²) in [4.78, 5) is 20.5. The first-order chi connectivity index (χ1) is 15.9. The third-order valence-corrected chi connectivity index (χ3v) is 7.16. The topological polar surface area (TPSA) is 114 Å². The van der Waals surface area contributed by atoms with E-state index in [1.165, 1.54) is 11.6 Å². The quantitative estimate of drug-likeness (QED) is 0.343. The van der Waals surface area contributed by atoms with E-state index in [-0.39, 0.29) is 16.9 Å². The van der Waals surface area contributed by atoms with E-state index in [0.29, 0.717) is 10.2 Å². The highest BCUT2D eigenvalue weighted by atomic mass is 79.9. The summed E-state index contributed by atoms with van der Waals surface area (Å²) >= 11 is 3.33. The van der Waals surface area contributed by atoms with E-state index in [1.54, 1.807) is 19.1 Å². The summed E-state index contributed by atoms with van der Waals surface area (Å²) in [7, 11) is -3.30. The normalized spacial score (nSPS) is 13.1. The van der Waals surface area contributed by atoms with Crippen LogP contribution in [0, 0.1) is 20.8 Å². The van der Waals surface area contributed by atoms with Crippen molar-refractivity contribution in [3.63, 3.8) is 0 Å². The number of nitrogens with zero attached hydrogens (tertiary/aromatic N) is 1. The fourth-order valence-electron chi connectivity index (χ4n) is 3.65. The van der Waals surface area contributed by atoms with Crippen LogP contribution in [0.5, 0.6) is 0 Å². The van der Waals surface area contributed by atoms with E-state index in [9.17, 15) is 18.3 Å². The number of hydrogen-bond acceptors (Lipinski definition) is 5. The summed E-state index contributed by atoms with van der Waals surface area (Å²) in [5.74, 6) is -1.37. The van der Waals surface area contributed by atoms with Gasteiger partial charge in [0.05, 0.1) is 11.8 Å². The van der Waals surface area contributed by atoms with Crippen LogP contribution in [-0.2, 0) is 9.84 Å². The molecule has 1 amide bonds. The van der Waals surface area contributed by atoms with Crippen molar-refractivity contribution in [2.45, 2.75) is 33.7 Å². The second-order valence-electron chi connectivity index (χ2n) is 8.51. The van der Waals surface area contributed by atoms with Gasteiger partial charge in [-0.15, -0.1) is 0 Å². The SMILES string of the molecule is Cc1cc(-c2cc(C)c(C)[nH]2)ccc1NC(=O)c1cccc(Br)c1C([O-])=NC(C)CS(C)(=O)=O. The number of hydrogen-bond donors (Lipinski definition) is 2. The minimum Gasteiger partial charge on any atom is -0.858 e. The number of carbonyl (C=O) groups is 1. The first-order valence-corrected chi connectivity index (χ1v) is 13.5. The van der Waals surface area contributed by atoms with Crippen LogP contribution < -0.4 is 10.4 Å². The highest BCUT2D eigenvalue weighted by Crippen LogP contribution is 2.27.